The maximum atomic E-state index is 3.71. The topological polar surface area (TPSA) is 12.0 Å². The van der Waals surface area contributed by atoms with E-state index in [1.54, 1.807) is 0 Å². The Morgan fingerprint density at radius 3 is 2.82 bits per heavy atom. The monoisotopic (exact) mass is 313 g/mol. The minimum atomic E-state index is 0.535. The van der Waals surface area contributed by atoms with E-state index in [1.807, 2.05) is 11.8 Å². The van der Waals surface area contributed by atoms with Crippen molar-refractivity contribution in [2.24, 2.45) is 0 Å². The van der Waals surface area contributed by atoms with Crippen LogP contribution < -0.4 is 5.32 Å². The highest BCUT2D eigenvalue weighted by molar-refractivity contribution is 9.10. The number of halogens is 1. The van der Waals surface area contributed by atoms with E-state index in [-0.39, 0.29) is 0 Å². The Balaban J connectivity index is 2.20. The van der Waals surface area contributed by atoms with Gasteiger partial charge in [-0.1, -0.05) is 36.2 Å². The fourth-order valence-corrected chi connectivity index (χ4v) is 4.26. The lowest BCUT2D eigenvalue weighted by Crippen LogP contribution is -2.27. The summed E-state index contributed by atoms with van der Waals surface area (Å²) in [4.78, 5) is 1.46. The van der Waals surface area contributed by atoms with E-state index < -0.39 is 0 Å². The van der Waals surface area contributed by atoms with Gasteiger partial charge in [0.25, 0.3) is 0 Å². The van der Waals surface area contributed by atoms with E-state index >= 15 is 0 Å². The summed E-state index contributed by atoms with van der Waals surface area (Å²) in [6.45, 7) is 5.61. The van der Waals surface area contributed by atoms with Crippen LogP contribution in [0.2, 0.25) is 0 Å². The molecule has 0 radical (unpaired) electrons. The second-order valence-electron chi connectivity index (χ2n) is 4.56. The van der Waals surface area contributed by atoms with Gasteiger partial charge in [-0.3, -0.25) is 0 Å². The lowest BCUT2D eigenvalue weighted by molar-refractivity contribution is 0.498. The maximum absolute atomic E-state index is 3.71. The molecular formula is C14H20BrNS. The largest absolute Gasteiger partial charge is 0.309 e. The van der Waals surface area contributed by atoms with Gasteiger partial charge in [-0.05, 0) is 43.1 Å². The molecule has 0 saturated carbocycles. The SMILES string of the molecule is CCCNC1c2cc(Br)ccc2SC1CCC. The predicted octanol–water partition coefficient (Wildman–Crippen LogP) is 4.76. The van der Waals surface area contributed by atoms with Gasteiger partial charge in [0.05, 0.1) is 0 Å². The van der Waals surface area contributed by atoms with Crippen LogP contribution in [0.25, 0.3) is 0 Å². The Morgan fingerprint density at radius 2 is 2.12 bits per heavy atom. The molecule has 2 rings (SSSR count). The predicted molar refractivity (Wildman–Crippen MR) is 79.7 cm³/mol. The van der Waals surface area contributed by atoms with Crippen molar-refractivity contribution in [1.82, 2.24) is 5.32 Å². The van der Waals surface area contributed by atoms with Crippen LogP contribution in [0.15, 0.2) is 27.6 Å². The van der Waals surface area contributed by atoms with Crippen molar-refractivity contribution in [3.8, 4) is 0 Å². The quantitative estimate of drug-likeness (QED) is 0.840. The second kappa shape index (κ2) is 6.26. The first-order valence-corrected chi connectivity index (χ1v) is 8.13. The Bertz CT molecular complexity index is 380. The molecule has 1 aromatic carbocycles. The van der Waals surface area contributed by atoms with Crippen molar-refractivity contribution in [3.05, 3.63) is 28.2 Å². The van der Waals surface area contributed by atoms with Crippen LogP contribution in [0.1, 0.15) is 44.7 Å². The average molecular weight is 314 g/mol. The lowest BCUT2D eigenvalue weighted by atomic mass is 10.0. The molecule has 17 heavy (non-hydrogen) atoms. The molecule has 1 aromatic rings. The van der Waals surface area contributed by atoms with Crippen LogP contribution >= 0.6 is 27.7 Å². The molecule has 1 nitrogen and oxygen atoms in total. The van der Waals surface area contributed by atoms with Crippen LogP contribution in [0.4, 0.5) is 0 Å². The van der Waals surface area contributed by atoms with Crippen molar-refractivity contribution in [2.75, 3.05) is 6.54 Å². The summed E-state index contributed by atoms with van der Waals surface area (Å²) >= 11 is 5.63. The Kier molecular flexibility index (Phi) is 4.95. The zero-order valence-electron chi connectivity index (χ0n) is 10.5. The Labute approximate surface area is 117 Å². The first-order valence-electron chi connectivity index (χ1n) is 6.45. The van der Waals surface area contributed by atoms with Crippen LogP contribution in [0.3, 0.4) is 0 Å². The van der Waals surface area contributed by atoms with E-state index in [1.165, 1.54) is 34.2 Å². The van der Waals surface area contributed by atoms with Gasteiger partial charge in [0, 0.05) is 20.7 Å². The summed E-state index contributed by atoms with van der Waals surface area (Å²) in [6.07, 6.45) is 3.75. The van der Waals surface area contributed by atoms with Crippen molar-refractivity contribution in [2.45, 2.75) is 49.3 Å². The van der Waals surface area contributed by atoms with Gasteiger partial charge in [-0.15, -0.1) is 11.8 Å². The van der Waals surface area contributed by atoms with E-state index in [9.17, 15) is 0 Å². The number of rotatable bonds is 5. The van der Waals surface area contributed by atoms with E-state index in [0.717, 1.165) is 6.54 Å². The normalized spacial score (nSPS) is 22.8. The third-order valence-corrected chi connectivity index (χ3v) is 5.07. The molecule has 1 aliphatic heterocycles. The number of hydrogen-bond donors (Lipinski definition) is 1. The number of nitrogens with one attached hydrogen (secondary N) is 1. The molecule has 94 valence electrons. The molecule has 0 bridgehead atoms. The third-order valence-electron chi connectivity index (χ3n) is 3.14. The van der Waals surface area contributed by atoms with Gasteiger partial charge < -0.3 is 5.32 Å². The molecule has 0 saturated heterocycles. The van der Waals surface area contributed by atoms with Crippen LogP contribution in [-0.4, -0.2) is 11.8 Å². The second-order valence-corrected chi connectivity index (χ2v) is 6.76. The standard InChI is InChI=1S/C14H20BrNS/c1-3-5-13-14(16-8-4-2)11-9-10(15)6-7-12(11)17-13/h6-7,9,13-14,16H,3-5,8H2,1-2H3. The van der Waals surface area contributed by atoms with Crippen LogP contribution in [0.5, 0.6) is 0 Å². The molecule has 0 aliphatic carbocycles. The zero-order valence-corrected chi connectivity index (χ0v) is 12.9. The molecule has 0 amide bonds. The van der Waals surface area contributed by atoms with Gasteiger partial charge >= 0.3 is 0 Å². The molecule has 0 aromatic heterocycles. The highest BCUT2D eigenvalue weighted by Crippen LogP contribution is 2.46. The minimum absolute atomic E-state index is 0.535. The fourth-order valence-electron chi connectivity index (χ4n) is 2.35. The zero-order chi connectivity index (χ0) is 12.3. The summed E-state index contributed by atoms with van der Waals surface area (Å²) < 4.78 is 1.19. The molecule has 1 heterocycles. The molecule has 1 aliphatic rings. The summed E-state index contributed by atoms with van der Waals surface area (Å²) in [5.41, 5.74) is 1.48. The van der Waals surface area contributed by atoms with Gasteiger partial charge in [0.15, 0.2) is 0 Å². The first kappa shape index (κ1) is 13.4. The van der Waals surface area contributed by atoms with Crippen LogP contribution in [-0.2, 0) is 0 Å². The molecular weight excluding hydrogens is 294 g/mol. The van der Waals surface area contributed by atoms with Crippen molar-refractivity contribution in [3.63, 3.8) is 0 Å². The minimum Gasteiger partial charge on any atom is -0.309 e. The smallest absolute Gasteiger partial charge is 0.0455 e. The highest BCUT2D eigenvalue weighted by Gasteiger charge is 2.32. The summed E-state index contributed by atoms with van der Waals surface area (Å²) in [5.74, 6) is 0. The van der Waals surface area contributed by atoms with Gasteiger partial charge in [0.1, 0.15) is 0 Å². The summed E-state index contributed by atoms with van der Waals surface area (Å²) in [5, 5.41) is 4.41. The first-order chi connectivity index (χ1) is 8.26. The molecule has 2 atom stereocenters. The van der Waals surface area contributed by atoms with Crippen molar-refractivity contribution in [1.29, 1.82) is 0 Å². The van der Waals surface area contributed by atoms with Gasteiger partial charge in [-0.2, -0.15) is 0 Å². The lowest BCUT2D eigenvalue weighted by Gasteiger charge is -2.20. The van der Waals surface area contributed by atoms with E-state index in [4.69, 9.17) is 0 Å². The summed E-state index contributed by atoms with van der Waals surface area (Å²) in [7, 11) is 0. The molecule has 0 fully saturated rings. The summed E-state index contributed by atoms with van der Waals surface area (Å²) in [6, 6.07) is 7.22. The molecule has 1 N–H and O–H groups in total. The third kappa shape index (κ3) is 3.07. The highest BCUT2D eigenvalue weighted by atomic mass is 79.9. The maximum Gasteiger partial charge on any atom is 0.0455 e. The van der Waals surface area contributed by atoms with Gasteiger partial charge in [-0.25, -0.2) is 0 Å². The molecule has 0 spiro atoms. The van der Waals surface area contributed by atoms with Crippen molar-refractivity contribution < 1.29 is 0 Å². The average Bonchev–Trinajstić information content (AvgIpc) is 2.64. The number of thioether (sulfide) groups is 1. The van der Waals surface area contributed by atoms with E-state index in [2.05, 4.69) is 53.3 Å². The fraction of sp³-hybridized carbons (Fsp3) is 0.571. The van der Waals surface area contributed by atoms with Crippen LogP contribution in [0, 0.1) is 0 Å². The van der Waals surface area contributed by atoms with Crippen molar-refractivity contribution >= 4 is 27.7 Å². The number of fused-ring (bicyclic) bond motifs is 1. The van der Waals surface area contributed by atoms with E-state index in [0.29, 0.717) is 11.3 Å². The van der Waals surface area contributed by atoms with Gasteiger partial charge in [0.2, 0.25) is 0 Å². The molecule has 2 unspecified atom stereocenters. The number of hydrogen-bond acceptors (Lipinski definition) is 2. The molecule has 3 heteroatoms. The Hall–Kier alpha value is 0.01000. The Morgan fingerprint density at radius 1 is 1.29 bits per heavy atom. The number of benzene rings is 1.